The number of carboxylic acids is 1. The number of benzene rings is 1. The Morgan fingerprint density at radius 1 is 1.37 bits per heavy atom. The molecule has 1 heterocycles. The second kappa shape index (κ2) is 5.14. The van der Waals surface area contributed by atoms with Crippen LogP contribution in [0.5, 0.6) is 5.75 Å². The highest BCUT2D eigenvalue weighted by molar-refractivity contribution is 5.87. The molecule has 0 amide bonds. The maximum Gasteiger partial charge on any atom is 0.354 e. The molecule has 100 valence electrons. The zero-order chi connectivity index (χ0) is 14.0. The SMILES string of the molecule is COc1ccccc1-c1cc(C(=O)O)n(C(C)C)n1. The number of carbonyl (C=O) groups is 1. The second-order valence-corrected chi connectivity index (χ2v) is 4.46. The number of hydrogen-bond donors (Lipinski definition) is 1. The molecule has 0 atom stereocenters. The minimum atomic E-state index is -0.984. The molecule has 0 aliphatic carbocycles. The highest BCUT2D eigenvalue weighted by Crippen LogP contribution is 2.29. The quantitative estimate of drug-likeness (QED) is 0.918. The third-order valence-electron chi connectivity index (χ3n) is 2.83. The van der Waals surface area contributed by atoms with Crippen LogP contribution in [0.15, 0.2) is 30.3 Å². The van der Waals surface area contributed by atoms with Crippen LogP contribution in [0.1, 0.15) is 30.4 Å². The lowest BCUT2D eigenvalue weighted by Crippen LogP contribution is -2.11. The first-order valence-corrected chi connectivity index (χ1v) is 6.00. The van der Waals surface area contributed by atoms with Crippen LogP contribution in [-0.4, -0.2) is 28.0 Å². The Morgan fingerprint density at radius 2 is 2.05 bits per heavy atom. The van der Waals surface area contributed by atoms with E-state index in [0.717, 1.165) is 5.56 Å². The predicted molar refractivity (Wildman–Crippen MR) is 71.6 cm³/mol. The topological polar surface area (TPSA) is 64.3 Å². The summed E-state index contributed by atoms with van der Waals surface area (Å²) in [6.45, 7) is 3.79. The highest BCUT2D eigenvalue weighted by atomic mass is 16.5. The van der Waals surface area contributed by atoms with Crippen molar-refractivity contribution in [3.05, 3.63) is 36.0 Å². The van der Waals surface area contributed by atoms with Gasteiger partial charge in [0.1, 0.15) is 11.4 Å². The first-order valence-electron chi connectivity index (χ1n) is 6.00. The zero-order valence-electron chi connectivity index (χ0n) is 11.1. The van der Waals surface area contributed by atoms with Crippen LogP contribution in [-0.2, 0) is 0 Å². The molecule has 2 aromatic rings. The fourth-order valence-electron chi connectivity index (χ4n) is 1.94. The molecule has 0 spiro atoms. The zero-order valence-corrected chi connectivity index (χ0v) is 11.1. The number of aromatic carboxylic acids is 1. The Morgan fingerprint density at radius 3 is 2.58 bits per heavy atom. The smallest absolute Gasteiger partial charge is 0.354 e. The number of carboxylic acid groups (broad SMARTS) is 1. The molecule has 19 heavy (non-hydrogen) atoms. The van der Waals surface area contributed by atoms with E-state index in [1.54, 1.807) is 13.2 Å². The van der Waals surface area contributed by atoms with Gasteiger partial charge in [-0.05, 0) is 32.0 Å². The van der Waals surface area contributed by atoms with Gasteiger partial charge in [-0.3, -0.25) is 4.68 Å². The van der Waals surface area contributed by atoms with Crippen molar-refractivity contribution in [2.24, 2.45) is 0 Å². The van der Waals surface area contributed by atoms with Crippen LogP contribution < -0.4 is 4.74 Å². The average Bonchev–Trinajstić information content (AvgIpc) is 2.84. The van der Waals surface area contributed by atoms with Crippen molar-refractivity contribution in [3.8, 4) is 17.0 Å². The van der Waals surface area contributed by atoms with Gasteiger partial charge in [-0.15, -0.1) is 0 Å². The van der Waals surface area contributed by atoms with Gasteiger partial charge in [-0.2, -0.15) is 5.10 Å². The molecule has 1 N–H and O–H groups in total. The molecule has 5 heteroatoms. The van der Waals surface area contributed by atoms with Gasteiger partial charge in [0.25, 0.3) is 0 Å². The van der Waals surface area contributed by atoms with Gasteiger partial charge in [0.15, 0.2) is 0 Å². The molecule has 1 aromatic heterocycles. The minimum absolute atomic E-state index is 0.0189. The van der Waals surface area contributed by atoms with Gasteiger partial charge in [0, 0.05) is 11.6 Å². The van der Waals surface area contributed by atoms with Crippen LogP contribution in [0.2, 0.25) is 0 Å². The Hall–Kier alpha value is -2.30. The van der Waals surface area contributed by atoms with Crippen molar-refractivity contribution in [3.63, 3.8) is 0 Å². The molecule has 0 aliphatic rings. The Balaban J connectivity index is 2.57. The molecular weight excluding hydrogens is 244 g/mol. The Kier molecular flexibility index (Phi) is 3.55. The number of ether oxygens (including phenoxy) is 1. The van der Waals surface area contributed by atoms with Gasteiger partial charge in [-0.1, -0.05) is 12.1 Å². The van der Waals surface area contributed by atoms with Crippen LogP contribution in [0.3, 0.4) is 0 Å². The molecule has 0 radical (unpaired) electrons. The van der Waals surface area contributed by atoms with Crippen LogP contribution in [0, 0.1) is 0 Å². The molecule has 0 saturated carbocycles. The van der Waals surface area contributed by atoms with E-state index in [9.17, 15) is 9.90 Å². The lowest BCUT2D eigenvalue weighted by atomic mass is 10.1. The fraction of sp³-hybridized carbons (Fsp3) is 0.286. The maximum absolute atomic E-state index is 11.2. The second-order valence-electron chi connectivity index (χ2n) is 4.46. The number of aromatic nitrogens is 2. The van der Waals surface area contributed by atoms with E-state index in [1.165, 1.54) is 4.68 Å². The number of hydrogen-bond acceptors (Lipinski definition) is 3. The first kappa shape index (κ1) is 13.1. The first-order chi connectivity index (χ1) is 9.04. The molecule has 5 nitrogen and oxygen atoms in total. The van der Waals surface area contributed by atoms with Crippen LogP contribution in [0.4, 0.5) is 0 Å². The predicted octanol–water partition coefficient (Wildman–Crippen LogP) is 2.84. The van der Waals surface area contributed by atoms with E-state index in [1.807, 2.05) is 38.1 Å². The summed E-state index contributed by atoms with van der Waals surface area (Å²) in [5.41, 5.74) is 1.56. The normalized spacial score (nSPS) is 10.7. The molecule has 0 bridgehead atoms. The van der Waals surface area contributed by atoms with Crippen molar-refractivity contribution >= 4 is 5.97 Å². The van der Waals surface area contributed by atoms with E-state index >= 15 is 0 Å². The summed E-state index contributed by atoms with van der Waals surface area (Å²) >= 11 is 0. The van der Waals surface area contributed by atoms with E-state index in [-0.39, 0.29) is 11.7 Å². The number of rotatable bonds is 4. The van der Waals surface area contributed by atoms with Gasteiger partial charge < -0.3 is 9.84 Å². The van der Waals surface area contributed by atoms with Gasteiger partial charge in [0.05, 0.1) is 12.8 Å². The summed E-state index contributed by atoms with van der Waals surface area (Å²) in [6, 6.07) is 8.96. The summed E-state index contributed by atoms with van der Waals surface area (Å²) in [7, 11) is 1.58. The van der Waals surface area contributed by atoms with Crippen molar-refractivity contribution in [1.29, 1.82) is 0 Å². The third-order valence-corrected chi connectivity index (χ3v) is 2.83. The van der Waals surface area contributed by atoms with Crippen molar-refractivity contribution in [1.82, 2.24) is 9.78 Å². The standard InChI is InChI=1S/C14H16N2O3/c1-9(2)16-12(14(17)18)8-11(15-16)10-6-4-5-7-13(10)19-3/h4-9H,1-3H3,(H,17,18). The van der Waals surface area contributed by atoms with Crippen molar-refractivity contribution in [2.45, 2.75) is 19.9 Å². The number of para-hydroxylation sites is 1. The summed E-state index contributed by atoms with van der Waals surface area (Å²) < 4.78 is 6.78. The highest BCUT2D eigenvalue weighted by Gasteiger charge is 2.18. The summed E-state index contributed by atoms with van der Waals surface area (Å²) in [6.07, 6.45) is 0. The molecule has 0 aliphatic heterocycles. The lowest BCUT2D eigenvalue weighted by molar-refractivity contribution is 0.0681. The molecule has 0 unspecified atom stereocenters. The Bertz CT molecular complexity index is 602. The molecule has 0 saturated heterocycles. The van der Waals surface area contributed by atoms with E-state index in [0.29, 0.717) is 11.4 Å². The number of methoxy groups -OCH3 is 1. The largest absolute Gasteiger partial charge is 0.496 e. The van der Waals surface area contributed by atoms with E-state index in [4.69, 9.17) is 4.74 Å². The van der Waals surface area contributed by atoms with Crippen LogP contribution in [0.25, 0.3) is 11.3 Å². The van der Waals surface area contributed by atoms with Crippen LogP contribution >= 0.6 is 0 Å². The van der Waals surface area contributed by atoms with Gasteiger partial charge >= 0.3 is 5.97 Å². The monoisotopic (exact) mass is 260 g/mol. The van der Waals surface area contributed by atoms with E-state index in [2.05, 4.69) is 5.10 Å². The summed E-state index contributed by atoms with van der Waals surface area (Å²) in [5, 5.41) is 13.6. The van der Waals surface area contributed by atoms with Crippen molar-refractivity contribution < 1.29 is 14.6 Å². The lowest BCUT2D eigenvalue weighted by Gasteiger charge is -2.08. The minimum Gasteiger partial charge on any atom is -0.496 e. The molecular formula is C14H16N2O3. The molecule has 2 rings (SSSR count). The van der Waals surface area contributed by atoms with Gasteiger partial charge in [0.2, 0.25) is 0 Å². The Labute approximate surface area is 111 Å². The van der Waals surface area contributed by atoms with Gasteiger partial charge in [-0.25, -0.2) is 4.79 Å². The third kappa shape index (κ3) is 2.45. The fourth-order valence-corrected chi connectivity index (χ4v) is 1.94. The summed E-state index contributed by atoms with van der Waals surface area (Å²) in [5.74, 6) is -0.310. The molecule has 0 fully saturated rings. The summed E-state index contributed by atoms with van der Waals surface area (Å²) in [4.78, 5) is 11.2. The number of nitrogens with zero attached hydrogens (tertiary/aromatic N) is 2. The average molecular weight is 260 g/mol. The molecule has 1 aromatic carbocycles. The van der Waals surface area contributed by atoms with Crippen molar-refractivity contribution in [2.75, 3.05) is 7.11 Å². The van der Waals surface area contributed by atoms with E-state index < -0.39 is 5.97 Å². The maximum atomic E-state index is 11.2.